The van der Waals surface area contributed by atoms with E-state index < -0.39 is 17.6 Å². The molecule has 0 bridgehead atoms. The molecule has 3 rings (SSSR count). The molecule has 0 saturated heterocycles. The Morgan fingerprint density at radius 3 is 2.64 bits per heavy atom. The van der Waals surface area contributed by atoms with Gasteiger partial charge in [-0.05, 0) is 46.3 Å². The SMILES string of the molecule is COc1cc(Br)c(/C=N\NC(=O)Cc2csc(Nc3cccc(C(F)(F)F)c3)n2)cc1OC. The zero-order valence-electron chi connectivity index (χ0n) is 17.4. The van der Waals surface area contributed by atoms with Crippen molar-refractivity contribution in [3.63, 3.8) is 0 Å². The quantitative estimate of drug-likeness (QED) is 0.295. The Morgan fingerprint density at radius 2 is 1.94 bits per heavy atom. The lowest BCUT2D eigenvalue weighted by Crippen LogP contribution is -2.20. The van der Waals surface area contributed by atoms with Crippen molar-refractivity contribution in [3.05, 3.63) is 63.1 Å². The van der Waals surface area contributed by atoms with Gasteiger partial charge in [-0.2, -0.15) is 18.3 Å². The molecule has 0 spiro atoms. The fraction of sp³-hybridized carbons (Fsp3) is 0.190. The minimum atomic E-state index is -4.43. The molecule has 0 unspecified atom stereocenters. The molecule has 1 aromatic heterocycles. The third-order valence-electron chi connectivity index (χ3n) is 4.23. The van der Waals surface area contributed by atoms with Crippen LogP contribution in [-0.4, -0.2) is 31.3 Å². The molecule has 0 aliphatic rings. The van der Waals surface area contributed by atoms with E-state index in [2.05, 4.69) is 36.8 Å². The smallest absolute Gasteiger partial charge is 0.416 e. The van der Waals surface area contributed by atoms with Crippen LogP contribution in [0.1, 0.15) is 16.8 Å². The van der Waals surface area contributed by atoms with Crippen LogP contribution in [0.25, 0.3) is 0 Å². The highest BCUT2D eigenvalue weighted by Gasteiger charge is 2.30. The summed E-state index contributed by atoms with van der Waals surface area (Å²) in [5.74, 6) is 0.652. The van der Waals surface area contributed by atoms with Crippen LogP contribution in [0.5, 0.6) is 11.5 Å². The number of carbonyl (C=O) groups is 1. The maximum atomic E-state index is 12.8. The van der Waals surface area contributed by atoms with Crippen molar-refractivity contribution in [1.29, 1.82) is 0 Å². The summed E-state index contributed by atoms with van der Waals surface area (Å²) in [6.45, 7) is 0. The van der Waals surface area contributed by atoms with Crippen LogP contribution in [0.2, 0.25) is 0 Å². The van der Waals surface area contributed by atoms with Crippen molar-refractivity contribution in [3.8, 4) is 11.5 Å². The summed E-state index contributed by atoms with van der Waals surface area (Å²) in [6, 6.07) is 8.21. The Morgan fingerprint density at radius 1 is 1.21 bits per heavy atom. The summed E-state index contributed by atoms with van der Waals surface area (Å²) >= 11 is 4.58. The summed E-state index contributed by atoms with van der Waals surface area (Å²) < 4.78 is 49.7. The zero-order valence-corrected chi connectivity index (χ0v) is 19.8. The lowest BCUT2D eigenvalue weighted by molar-refractivity contribution is -0.137. The van der Waals surface area contributed by atoms with Crippen LogP contribution >= 0.6 is 27.3 Å². The summed E-state index contributed by atoms with van der Waals surface area (Å²) in [5.41, 5.74) is 3.02. The number of nitrogens with one attached hydrogen (secondary N) is 2. The lowest BCUT2D eigenvalue weighted by atomic mass is 10.2. The molecule has 12 heteroatoms. The third-order valence-corrected chi connectivity index (χ3v) is 5.72. The van der Waals surface area contributed by atoms with Gasteiger partial charge < -0.3 is 14.8 Å². The van der Waals surface area contributed by atoms with Crippen LogP contribution in [0.3, 0.4) is 0 Å². The number of benzene rings is 2. The lowest BCUT2D eigenvalue weighted by Gasteiger charge is -2.09. The van der Waals surface area contributed by atoms with Crippen LogP contribution in [0, 0.1) is 0 Å². The van der Waals surface area contributed by atoms with E-state index in [1.807, 2.05) is 0 Å². The molecule has 0 saturated carbocycles. The van der Waals surface area contributed by atoms with Gasteiger partial charge in [0.1, 0.15) is 0 Å². The van der Waals surface area contributed by atoms with Gasteiger partial charge in [-0.1, -0.05) is 6.07 Å². The first-order valence-corrected chi connectivity index (χ1v) is 11.0. The van der Waals surface area contributed by atoms with Gasteiger partial charge in [-0.15, -0.1) is 11.3 Å². The van der Waals surface area contributed by atoms with Gasteiger partial charge in [0.15, 0.2) is 16.6 Å². The molecular weight excluding hydrogens is 525 g/mol. The Hall–Kier alpha value is -3.12. The highest BCUT2D eigenvalue weighted by Crippen LogP contribution is 2.33. The van der Waals surface area contributed by atoms with Crippen molar-refractivity contribution in [2.45, 2.75) is 12.6 Å². The summed E-state index contributed by atoms with van der Waals surface area (Å²) in [5, 5.41) is 8.77. The van der Waals surface area contributed by atoms with Crippen molar-refractivity contribution in [2.24, 2.45) is 5.10 Å². The average Bonchev–Trinajstić information content (AvgIpc) is 3.20. The van der Waals surface area contributed by atoms with Crippen molar-refractivity contribution >= 4 is 50.2 Å². The Balaban J connectivity index is 1.58. The molecule has 0 aliphatic heterocycles. The first-order chi connectivity index (χ1) is 15.7. The van der Waals surface area contributed by atoms with Crippen LogP contribution in [-0.2, 0) is 17.4 Å². The summed E-state index contributed by atoms with van der Waals surface area (Å²) in [4.78, 5) is 16.4. The van der Waals surface area contributed by atoms with Crippen molar-refractivity contribution < 1.29 is 27.4 Å². The number of hydrazone groups is 1. The van der Waals surface area contributed by atoms with Gasteiger partial charge in [0.05, 0.1) is 38.1 Å². The second kappa shape index (κ2) is 10.7. The average molecular weight is 543 g/mol. The molecule has 7 nitrogen and oxygen atoms in total. The van der Waals surface area contributed by atoms with E-state index in [4.69, 9.17) is 9.47 Å². The van der Waals surface area contributed by atoms with Gasteiger partial charge in [0.2, 0.25) is 5.91 Å². The Labute approximate surface area is 199 Å². The fourth-order valence-electron chi connectivity index (χ4n) is 2.69. The predicted octanol–water partition coefficient (Wildman–Crippen LogP) is 5.38. The van der Waals surface area contributed by atoms with E-state index in [1.54, 1.807) is 17.5 Å². The Kier molecular flexibility index (Phi) is 7.92. The number of nitrogens with zero attached hydrogens (tertiary/aromatic N) is 2. The molecule has 0 fully saturated rings. The van der Waals surface area contributed by atoms with Gasteiger partial charge in [0.25, 0.3) is 0 Å². The van der Waals surface area contributed by atoms with Gasteiger partial charge >= 0.3 is 6.18 Å². The Bertz CT molecular complexity index is 1170. The molecule has 33 heavy (non-hydrogen) atoms. The number of methoxy groups -OCH3 is 2. The predicted molar refractivity (Wildman–Crippen MR) is 124 cm³/mol. The molecule has 1 heterocycles. The second-order valence-corrected chi connectivity index (χ2v) is 8.26. The van der Waals surface area contributed by atoms with E-state index in [0.29, 0.717) is 32.4 Å². The molecule has 0 atom stereocenters. The van der Waals surface area contributed by atoms with E-state index >= 15 is 0 Å². The van der Waals surface area contributed by atoms with E-state index in [9.17, 15) is 18.0 Å². The topological polar surface area (TPSA) is 84.8 Å². The number of hydrogen-bond acceptors (Lipinski definition) is 7. The first kappa shape index (κ1) is 24.5. The number of ether oxygens (including phenoxy) is 2. The van der Waals surface area contributed by atoms with E-state index in [-0.39, 0.29) is 12.1 Å². The van der Waals surface area contributed by atoms with Crippen LogP contribution in [0.15, 0.2) is 51.4 Å². The second-order valence-electron chi connectivity index (χ2n) is 6.55. The monoisotopic (exact) mass is 542 g/mol. The third kappa shape index (κ3) is 6.68. The minimum Gasteiger partial charge on any atom is -0.493 e. The van der Waals surface area contributed by atoms with Gasteiger partial charge in [0, 0.05) is 21.1 Å². The largest absolute Gasteiger partial charge is 0.493 e. The standard InChI is InChI=1S/C21H18BrF3N4O3S/c1-31-17-6-12(16(22)9-18(17)32-2)10-26-29-19(30)8-15-11-33-20(28-15)27-14-5-3-4-13(7-14)21(23,24)25/h3-7,9-11H,8H2,1-2H3,(H,27,28)(H,29,30)/b26-10-. The molecule has 0 aliphatic carbocycles. The maximum Gasteiger partial charge on any atom is 0.416 e. The number of thiazole rings is 1. The number of amides is 1. The number of hydrogen-bond donors (Lipinski definition) is 2. The number of rotatable bonds is 8. The van der Waals surface area contributed by atoms with Gasteiger partial charge in [-0.3, -0.25) is 4.79 Å². The molecular formula is C21H18BrF3N4O3S. The fourth-order valence-corrected chi connectivity index (χ4v) is 3.84. The minimum absolute atomic E-state index is 0.0504. The van der Waals surface area contributed by atoms with E-state index in [1.165, 1.54) is 43.9 Å². The van der Waals surface area contributed by atoms with Crippen molar-refractivity contribution in [1.82, 2.24) is 10.4 Å². The van der Waals surface area contributed by atoms with Crippen molar-refractivity contribution in [2.75, 3.05) is 19.5 Å². The normalized spacial score (nSPS) is 11.5. The summed E-state index contributed by atoms with van der Waals surface area (Å²) in [7, 11) is 3.04. The van der Waals surface area contributed by atoms with Gasteiger partial charge in [-0.25, -0.2) is 10.4 Å². The van der Waals surface area contributed by atoms with Crippen LogP contribution in [0.4, 0.5) is 24.0 Å². The number of aromatic nitrogens is 1. The molecule has 0 radical (unpaired) electrons. The number of carbonyl (C=O) groups excluding carboxylic acids is 1. The highest BCUT2D eigenvalue weighted by molar-refractivity contribution is 9.10. The van der Waals surface area contributed by atoms with Crippen LogP contribution < -0.4 is 20.2 Å². The number of halogens is 4. The molecule has 1 amide bonds. The molecule has 2 N–H and O–H groups in total. The zero-order chi connectivity index (χ0) is 24.0. The number of alkyl halides is 3. The first-order valence-electron chi connectivity index (χ1n) is 9.31. The summed E-state index contributed by atoms with van der Waals surface area (Å²) in [6.07, 6.45) is -3.03. The number of anilines is 2. The molecule has 174 valence electrons. The highest BCUT2D eigenvalue weighted by atomic mass is 79.9. The van der Waals surface area contributed by atoms with E-state index in [0.717, 1.165) is 12.1 Å². The maximum absolute atomic E-state index is 12.8. The molecule has 3 aromatic rings. The molecule has 2 aromatic carbocycles.